The molecule has 0 amide bonds. The molecule has 0 radical (unpaired) electrons. The molecular formula is C10H10FN3OS. The zero-order chi connectivity index (χ0) is 11.4. The molecule has 0 bridgehead atoms. The van der Waals surface area contributed by atoms with Crippen molar-refractivity contribution in [1.82, 2.24) is 9.36 Å². The van der Waals surface area contributed by atoms with E-state index in [0.29, 0.717) is 24.2 Å². The molecule has 2 rings (SSSR count). The summed E-state index contributed by atoms with van der Waals surface area (Å²) in [5.41, 5.74) is 6.33. The Kier molecular flexibility index (Phi) is 3.43. The number of nitrogen functional groups attached to an aromatic ring is 1. The number of anilines is 1. The normalized spacial score (nSPS) is 10.6. The Labute approximate surface area is 96.1 Å². The highest BCUT2D eigenvalue weighted by atomic mass is 32.1. The molecule has 4 nitrogen and oxygen atoms in total. The standard InChI is InChI=1S/C10H10FN3OS/c11-8-3-1-7(2-4-8)5-15-6-9-13-10(12)16-14-9/h1-4H,5-6H2,(H2,12,13,14). The molecule has 16 heavy (non-hydrogen) atoms. The number of nitrogens with two attached hydrogens (primary N) is 1. The summed E-state index contributed by atoms with van der Waals surface area (Å²) in [5, 5.41) is 0.431. The molecule has 0 aliphatic carbocycles. The van der Waals surface area contributed by atoms with E-state index in [9.17, 15) is 4.39 Å². The van der Waals surface area contributed by atoms with Crippen molar-refractivity contribution in [2.24, 2.45) is 0 Å². The maximum Gasteiger partial charge on any atom is 0.200 e. The van der Waals surface area contributed by atoms with Crippen molar-refractivity contribution >= 4 is 16.7 Å². The van der Waals surface area contributed by atoms with Gasteiger partial charge in [0.2, 0.25) is 0 Å². The minimum Gasteiger partial charge on any atom is -0.374 e. The first-order chi connectivity index (χ1) is 7.74. The third kappa shape index (κ3) is 2.98. The van der Waals surface area contributed by atoms with Crippen LogP contribution in [0.5, 0.6) is 0 Å². The molecule has 2 N–H and O–H groups in total. The maximum absolute atomic E-state index is 12.6. The number of aromatic nitrogens is 2. The average Bonchev–Trinajstić information content (AvgIpc) is 2.67. The van der Waals surface area contributed by atoms with Crippen LogP contribution in [-0.2, 0) is 18.0 Å². The van der Waals surface area contributed by atoms with Crippen molar-refractivity contribution in [3.63, 3.8) is 0 Å². The minimum absolute atomic E-state index is 0.252. The molecule has 0 unspecified atom stereocenters. The number of hydrogen-bond acceptors (Lipinski definition) is 5. The van der Waals surface area contributed by atoms with E-state index in [2.05, 4.69) is 9.36 Å². The minimum atomic E-state index is -0.252. The van der Waals surface area contributed by atoms with Gasteiger partial charge in [0.15, 0.2) is 11.0 Å². The Morgan fingerprint density at radius 3 is 2.62 bits per heavy atom. The number of nitrogens with zero attached hydrogens (tertiary/aromatic N) is 2. The quantitative estimate of drug-likeness (QED) is 0.886. The molecule has 2 aromatic rings. The van der Waals surface area contributed by atoms with E-state index in [1.165, 1.54) is 12.1 Å². The molecule has 0 saturated carbocycles. The summed E-state index contributed by atoms with van der Waals surface area (Å²) < 4.78 is 21.9. The fourth-order valence-corrected chi connectivity index (χ4v) is 1.61. The second-order valence-electron chi connectivity index (χ2n) is 3.17. The lowest BCUT2D eigenvalue weighted by molar-refractivity contribution is 0.102. The third-order valence-electron chi connectivity index (χ3n) is 1.90. The number of benzene rings is 1. The summed E-state index contributed by atoms with van der Waals surface area (Å²) in [6, 6.07) is 6.16. The second-order valence-corrected chi connectivity index (χ2v) is 3.95. The highest BCUT2D eigenvalue weighted by Gasteiger charge is 2.01. The molecule has 84 valence electrons. The maximum atomic E-state index is 12.6. The lowest BCUT2D eigenvalue weighted by Gasteiger charge is -2.01. The van der Waals surface area contributed by atoms with Gasteiger partial charge < -0.3 is 10.5 Å². The van der Waals surface area contributed by atoms with Crippen LogP contribution in [0.2, 0.25) is 0 Å². The van der Waals surface area contributed by atoms with Crippen LogP contribution in [0.15, 0.2) is 24.3 Å². The van der Waals surface area contributed by atoms with Crippen LogP contribution in [0, 0.1) is 5.82 Å². The summed E-state index contributed by atoms with van der Waals surface area (Å²) in [6.45, 7) is 0.713. The first kappa shape index (κ1) is 11.0. The lowest BCUT2D eigenvalue weighted by Crippen LogP contribution is -1.96. The first-order valence-electron chi connectivity index (χ1n) is 4.64. The summed E-state index contributed by atoms with van der Waals surface area (Å²) in [6.07, 6.45) is 0. The molecule has 0 atom stereocenters. The largest absolute Gasteiger partial charge is 0.374 e. The summed E-state index contributed by atoms with van der Waals surface area (Å²) in [7, 11) is 0. The molecule has 0 fully saturated rings. The van der Waals surface area contributed by atoms with E-state index in [1.807, 2.05) is 0 Å². The highest BCUT2D eigenvalue weighted by molar-refractivity contribution is 7.09. The zero-order valence-electron chi connectivity index (χ0n) is 8.39. The van der Waals surface area contributed by atoms with E-state index in [1.54, 1.807) is 12.1 Å². The molecule has 1 heterocycles. The number of halogens is 1. The van der Waals surface area contributed by atoms with Crippen LogP contribution in [0.25, 0.3) is 0 Å². The number of rotatable bonds is 4. The highest BCUT2D eigenvalue weighted by Crippen LogP contribution is 2.08. The van der Waals surface area contributed by atoms with Crippen LogP contribution in [-0.4, -0.2) is 9.36 Å². The van der Waals surface area contributed by atoms with Crippen molar-refractivity contribution in [3.8, 4) is 0 Å². The predicted molar refractivity (Wildman–Crippen MR) is 59.2 cm³/mol. The number of hydrogen-bond donors (Lipinski definition) is 1. The van der Waals surface area contributed by atoms with Gasteiger partial charge in [-0.25, -0.2) is 9.37 Å². The Bertz CT molecular complexity index is 457. The first-order valence-corrected chi connectivity index (χ1v) is 5.41. The molecule has 1 aromatic carbocycles. The molecule has 0 spiro atoms. The fourth-order valence-electron chi connectivity index (χ4n) is 1.17. The van der Waals surface area contributed by atoms with E-state index in [0.717, 1.165) is 17.1 Å². The molecule has 1 aromatic heterocycles. The monoisotopic (exact) mass is 239 g/mol. The van der Waals surface area contributed by atoms with Crippen LogP contribution < -0.4 is 5.73 Å². The van der Waals surface area contributed by atoms with Crippen molar-refractivity contribution < 1.29 is 9.13 Å². The Morgan fingerprint density at radius 1 is 1.25 bits per heavy atom. The van der Waals surface area contributed by atoms with Gasteiger partial charge in [-0.1, -0.05) is 12.1 Å². The van der Waals surface area contributed by atoms with Crippen molar-refractivity contribution in [3.05, 3.63) is 41.5 Å². The van der Waals surface area contributed by atoms with Gasteiger partial charge >= 0.3 is 0 Å². The van der Waals surface area contributed by atoms with Crippen LogP contribution in [0.3, 0.4) is 0 Å². The zero-order valence-corrected chi connectivity index (χ0v) is 9.21. The van der Waals surface area contributed by atoms with Crippen LogP contribution >= 0.6 is 11.5 Å². The smallest absolute Gasteiger partial charge is 0.200 e. The molecular weight excluding hydrogens is 229 g/mol. The van der Waals surface area contributed by atoms with Crippen LogP contribution in [0.1, 0.15) is 11.4 Å². The number of ether oxygens (including phenoxy) is 1. The van der Waals surface area contributed by atoms with E-state index >= 15 is 0 Å². The molecule has 6 heteroatoms. The average molecular weight is 239 g/mol. The Morgan fingerprint density at radius 2 is 2.00 bits per heavy atom. The molecule has 0 saturated heterocycles. The van der Waals surface area contributed by atoms with E-state index in [4.69, 9.17) is 10.5 Å². The van der Waals surface area contributed by atoms with Gasteiger partial charge in [-0.2, -0.15) is 4.37 Å². The topological polar surface area (TPSA) is 61.0 Å². The van der Waals surface area contributed by atoms with Crippen LogP contribution in [0.4, 0.5) is 9.52 Å². The van der Waals surface area contributed by atoms with E-state index in [-0.39, 0.29) is 5.82 Å². The fraction of sp³-hybridized carbons (Fsp3) is 0.200. The summed E-state index contributed by atoms with van der Waals surface area (Å²) in [5.74, 6) is 0.322. The second kappa shape index (κ2) is 5.00. The SMILES string of the molecule is Nc1nc(COCc2ccc(F)cc2)ns1. The Balaban J connectivity index is 1.82. The molecule has 0 aliphatic rings. The summed E-state index contributed by atoms with van der Waals surface area (Å²) in [4.78, 5) is 3.96. The van der Waals surface area contributed by atoms with Crippen molar-refractivity contribution in [1.29, 1.82) is 0 Å². The van der Waals surface area contributed by atoms with E-state index < -0.39 is 0 Å². The van der Waals surface area contributed by atoms with Gasteiger partial charge in [-0.15, -0.1) is 0 Å². The van der Waals surface area contributed by atoms with Gasteiger partial charge in [0.25, 0.3) is 0 Å². The van der Waals surface area contributed by atoms with Crippen molar-refractivity contribution in [2.45, 2.75) is 13.2 Å². The van der Waals surface area contributed by atoms with Crippen molar-refractivity contribution in [2.75, 3.05) is 5.73 Å². The lowest BCUT2D eigenvalue weighted by atomic mass is 10.2. The van der Waals surface area contributed by atoms with Gasteiger partial charge in [-0.3, -0.25) is 0 Å². The van der Waals surface area contributed by atoms with Gasteiger partial charge in [0.05, 0.1) is 6.61 Å². The molecule has 0 aliphatic heterocycles. The third-order valence-corrected chi connectivity index (χ3v) is 2.48. The summed E-state index contributed by atoms with van der Waals surface area (Å²) >= 11 is 1.14. The van der Waals surface area contributed by atoms with Gasteiger partial charge in [0.1, 0.15) is 12.4 Å². The van der Waals surface area contributed by atoms with Gasteiger partial charge in [-0.05, 0) is 17.7 Å². The predicted octanol–water partition coefficient (Wildman–Crippen LogP) is 1.98. The van der Waals surface area contributed by atoms with Gasteiger partial charge in [0, 0.05) is 11.5 Å². The Hall–Kier alpha value is -1.53.